The van der Waals surface area contributed by atoms with Crippen molar-refractivity contribution in [2.45, 2.75) is 35.1 Å². The minimum atomic E-state index is 0.871. The lowest BCUT2D eigenvalue weighted by atomic mass is 10.1. The zero-order chi connectivity index (χ0) is 21.5. The third-order valence-corrected chi connectivity index (χ3v) is 7.24. The molecular formula is C28H26OS2. The van der Waals surface area contributed by atoms with E-state index in [1.807, 2.05) is 35.7 Å². The van der Waals surface area contributed by atoms with Crippen molar-refractivity contribution in [3.8, 4) is 11.5 Å². The van der Waals surface area contributed by atoms with E-state index in [1.54, 1.807) is 0 Å². The molecule has 0 aliphatic heterocycles. The first-order valence-electron chi connectivity index (χ1n) is 10.4. The monoisotopic (exact) mass is 442 g/mol. The maximum atomic E-state index is 6.18. The average molecular weight is 443 g/mol. The lowest BCUT2D eigenvalue weighted by Gasteiger charge is -2.10. The molecule has 156 valence electrons. The predicted molar refractivity (Wildman–Crippen MR) is 134 cm³/mol. The quantitative estimate of drug-likeness (QED) is 0.253. The zero-order valence-corrected chi connectivity index (χ0v) is 19.5. The standard InChI is InChI=1S/C28H26OS2/c1-21-9-3-5-11-23(21)19-30-27-15-7-13-25(17-27)29-26-14-8-16-28(18-26)31-20-24-12-6-4-10-22(24)2/h3-18H,19-20H2,1-2H3. The van der Waals surface area contributed by atoms with E-state index in [0.717, 1.165) is 23.0 Å². The van der Waals surface area contributed by atoms with E-state index in [1.165, 1.54) is 32.0 Å². The summed E-state index contributed by atoms with van der Waals surface area (Å²) in [5, 5.41) is 0. The highest BCUT2D eigenvalue weighted by molar-refractivity contribution is 7.98. The molecule has 0 heterocycles. The van der Waals surface area contributed by atoms with Gasteiger partial charge in [-0.2, -0.15) is 0 Å². The zero-order valence-electron chi connectivity index (χ0n) is 17.9. The summed E-state index contributed by atoms with van der Waals surface area (Å²) < 4.78 is 6.18. The van der Waals surface area contributed by atoms with Crippen LogP contribution >= 0.6 is 23.5 Å². The van der Waals surface area contributed by atoms with Gasteiger partial charge in [-0.15, -0.1) is 23.5 Å². The molecule has 1 nitrogen and oxygen atoms in total. The Morgan fingerprint density at radius 1 is 0.548 bits per heavy atom. The summed E-state index contributed by atoms with van der Waals surface area (Å²) in [6, 6.07) is 33.8. The van der Waals surface area contributed by atoms with Gasteiger partial charge in [0, 0.05) is 21.3 Å². The molecule has 31 heavy (non-hydrogen) atoms. The molecule has 0 atom stereocenters. The molecule has 0 aromatic heterocycles. The number of ether oxygens (including phenoxy) is 1. The Bertz CT molecular complexity index is 1060. The second-order valence-electron chi connectivity index (χ2n) is 7.48. The van der Waals surface area contributed by atoms with Crippen LogP contribution < -0.4 is 4.74 Å². The van der Waals surface area contributed by atoms with E-state index in [0.29, 0.717) is 0 Å². The van der Waals surface area contributed by atoms with Crippen LogP contribution in [0.5, 0.6) is 11.5 Å². The number of benzene rings is 4. The highest BCUT2D eigenvalue weighted by Crippen LogP contribution is 2.32. The van der Waals surface area contributed by atoms with Crippen LogP contribution in [0.2, 0.25) is 0 Å². The number of hydrogen-bond acceptors (Lipinski definition) is 3. The van der Waals surface area contributed by atoms with E-state index in [-0.39, 0.29) is 0 Å². The van der Waals surface area contributed by atoms with Crippen LogP contribution in [0.25, 0.3) is 0 Å². The molecule has 0 amide bonds. The lowest BCUT2D eigenvalue weighted by molar-refractivity contribution is 0.480. The minimum Gasteiger partial charge on any atom is -0.457 e. The first-order valence-corrected chi connectivity index (χ1v) is 12.4. The largest absolute Gasteiger partial charge is 0.457 e. The van der Waals surface area contributed by atoms with Crippen LogP contribution in [-0.4, -0.2) is 0 Å². The van der Waals surface area contributed by atoms with Crippen LogP contribution in [-0.2, 0) is 11.5 Å². The van der Waals surface area contributed by atoms with Gasteiger partial charge in [0.25, 0.3) is 0 Å². The third kappa shape index (κ3) is 6.19. The fourth-order valence-corrected chi connectivity index (χ4v) is 5.30. The maximum absolute atomic E-state index is 6.18. The SMILES string of the molecule is Cc1ccccc1CSc1cccc(Oc2cccc(SCc3ccccc3C)c2)c1. The molecule has 3 heteroatoms. The van der Waals surface area contributed by atoms with E-state index in [9.17, 15) is 0 Å². The van der Waals surface area contributed by atoms with Crippen molar-refractivity contribution in [2.24, 2.45) is 0 Å². The Morgan fingerprint density at radius 2 is 1.00 bits per heavy atom. The summed E-state index contributed by atoms with van der Waals surface area (Å²) in [5.41, 5.74) is 5.42. The maximum Gasteiger partial charge on any atom is 0.128 e. The highest BCUT2D eigenvalue weighted by atomic mass is 32.2. The van der Waals surface area contributed by atoms with Gasteiger partial charge in [0.05, 0.1) is 0 Å². The molecule has 4 aromatic rings. The van der Waals surface area contributed by atoms with E-state index in [2.05, 4.69) is 98.8 Å². The van der Waals surface area contributed by atoms with E-state index >= 15 is 0 Å². The molecule has 0 fully saturated rings. The summed E-state index contributed by atoms with van der Waals surface area (Å²) >= 11 is 3.68. The summed E-state index contributed by atoms with van der Waals surface area (Å²) in [6.45, 7) is 4.33. The van der Waals surface area contributed by atoms with Crippen molar-refractivity contribution in [2.75, 3.05) is 0 Å². The minimum absolute atomic E-state index is 0.871. The fourth-order valence-electron chi connectivity index (χ4n) is 3.26. The molecule has 4 aromatic carbocycles. The first-order chi connectivity index (χ1) is 15.2. The van der Waals surface area contributed by atoms with Crippen molar-refractivity contribution in [1.82, 2.24) is 0 Å². The second-order valence-corrected chi connectivity index (χ2v) is 9.58. The van der Waals surface area contributed by atoms with E-state index in [4.69, 9.17) is 4.74 Å². The molecule has 0 radical (unpaired) electrons. The third-order valence-electron chi connectivity index (χ3n) is 5.16. The first kappa shape index (κ1) is 21.6. The van der Waals surface area contributed by atoms with Crippen molar-refractivity contribution in [3.63, 3.8) is 0 Å². The van der Waals surface area contributed by atoms with Crippen molar-refractivity contribution < 1.29 is 4.74 Å². The van der Waals surface area contributed by atoms with Gasteiger partial charge >= 0.3 is 0 Å². The van der Waals surface area contributed by atoms with Crippen molar-refractivity contribution in [1.29, 1.82) is 0 Å². The fraction of sp³-hybridized carbons (Fsp3) is 0.143. The van der Waals surface area contributed by atoms with Gasteiger partial charge in [-0.3, -0.25) is 0 Å². The van der Waals surface area contributed by atoms with Crippen LogP contribution in [0, 0.1) is 13.8 Å². The molecule has 0 N–H and O–H groups in total. The van der Waals surface area contributed by atoms with Gasteiger partial charge in [-0.1, -0.05) is 60.7 Å². The summed E-state index contributed by atoms with van der Waals surface area (Å²) in [4.78, 5) is 2.43. The van der Waals surface area contributed by atoms with E-state index < -0.39 is 0 Å². The van der Waals surface area contributed by atoms with Gasteiger partial charge in [0.2, 0.25) is 0 Å². The van der Waals surface area contributed by atoms with Crippen LogP contribution in [0.1, 0.15) is 22.3 Å². The molecule has 0 unspecified atom stereocenters. The lowest BCUT2D eigenvalue weighted by Crippen LogP contribution is -1.88. The van der Waals surface area contributed by atoms with Crippen LogP contribution in [0.4, 0.5) is 0 Å². The number of rotatable bonds is 8. The number of hydrogen-bond donors (Lipinski definition) is 0. The van der Waals surface area contributed by atoms with Gasteiger partial charge < -0.3 is 4.74 Å². The smallest absolute Gasteiger partial charge is 0.128 e. The Kier molecular flexibility index (Phi) is 7.39. The Hall–Kier alpha value is -2.62. The highest BCUT2D eigenvalue weighted by Gasteiger charge is 2.05. The van der Waals surface area contributed by atoms with Gasteiger partial charge in [0.1, 0.15) is 11.5 Å². The van der Waals surface area contributed by atoms with Crippen molar-refractivity contribution >= 4 is 23.5 Å². The number of thioether (sulfide) groups is 2. The van der Waals surface area contributed by atoms with Gasteiger partial charge in [-0.05, 0) is 72.5 Å². The summed E-state index contributed by atoms with van der Waals surface area (Å²) in [6.07, 6.45) is 0. The number of aryl methyl sites for hydroxylation is 2. The second kappa shape index (κ2) is 10.6. The molecule has 0 bridgehead atoms. The molecule has 4 rings (SSSR count). The summed E-state index contributed by atoms with van der Waals surface area (Å²) in [5.74, 6) is 3.66. The Labute approximate surface area is 193 Å². The van der Waals surface area contributed by atoms with Crippen LogP contribution in [0.3, 0.4) is 0 Å². The van der Waals surface area contributed by atoms with Gasteiger partial charge in [0.15, 0.2) is 0 Å². The van der Waals surface area contributed by atoms with Crippen molar-refractivity contribution in [3.05, 3.63) is 119 Å². The molecule has 0 aliphatic carbocycles. The van der Waals surface area contributed by atoms with Crippen LogP contribution in [0.15, 0.2) is 107 Å². The molecular weight excluding hydrogens is 416 g/mol. The predicted octanol–water partition coefficient (Wildman–Crippen LogP) is 8.68. The van der Waals surface area contributed by atoms with Gasteiger partial charge in [-0.25, -0.2) is 0 Å². The molecule has 0 saturated carbocycles. The Balaban J connectivity index is 1.39. The summed E-state index contributed by atoms with van der Waals surface area (Å²) in [7, 11) is 0. The normalized spacial score (nSPS) is 10.8. The molecule has 0 aliphatic rings. The molecule has 0 spiro atoms. The Morgan fingerprint density at radius 3 is 1.45 bits per heavy atom. The average Bonchev–Trinajstić information content (AvgIpc) is 2.79. The topological polar surface area (TPSA) is 9.23 Å². The molecule has 0 saturated heterocycles.